The van der Waals surface area contributed by atoms with Gasteiger partial charge in [-0.3, -0.25) is 23.5 Å². The molecule has 2 heterocycles. The molecular formula is C35H40N4O6. The fourth-order valence-corrected chi connectivity index (χ4v) is 5.95. The van der Waals surface area contributed by atoms with E-state index in [0.717, 1.165) is 65.9 Å². The molecule has 10 nitrogen and oxygen atoms in total. The van der Waals surface area contributed by atoms with E-state index in [1.807, 2.05) is 36.4 Å². The highest BCUT2D eigenvalue weighted by Gasteiger charge is 2.25. The molecule has 0 bridgehead atoms. The number of carboxylic acids is 1. The predicted octanol–water partition coefficient (Wildman–Crippen LogP) is 3.76. The topological polar surface area (TPSA) is 114 Å². The Balaban J connectivity index is 1.17. The number of aliphatic carboxylic acids is 1. The Morgan fingerprint density at radius 2 is 1.42 bits per heavy atom. The van der Waals surface area contributed by atoms with Gasteiger partial charge in [0.15, 0.2) is 0 Å². The summed E-state index contributed by atoms with van der Waals surface area (Å²) in [5, 5.41) is 9.35. The number of hydrogen-bond acceptors (Lipinski definition) is 6. The summed E-state index contributed by atoms with van der Waals surface area (Å²) in [5.41, 5.74) is 1.70. The normalized spacial score (nSPS) is 14.2. The zero-order valence-corrected chi connectivity index (χ0v) is 25.6. The van der Waals surface area contributed by atoms with Crippen molar-refractivity contribution in [2.24, 2.45) is 0 Å². The Morgan fingerprint density at radius 1 is 0.844 bits per heavy atom. The summed E-state index contributed by atoms with van der Waals surface area (Å²) in [5.74, 6) is -1.79. The Labute approximate surface area is 262 Å². The van der Waals surface area contributed by atoms with Crippen LogP contribution in [0.3, 0.4) is 0 Å². The number of amides is 1. The number of aryl methyl sites for hydroxylation is 1. The standard InChI is InChI=1S/C35H40N4O6/c1-36(25-32(41)42)31(40)24-39-34(43)29-16-8-9-17-30(29)38(35(39)44)21-11-10-20-37-22-18-28(19-23-37)45-33(26-12-4-2-5-13-26)27-14-6-3-7-15-27/h2-9,12-17,28,33H,10-11,18-25H2,1H3,(H,41,42). The molecule has 0 spiro atoms. The van der Waals surface area contributed by atoms with E-state index in [0.29, 0.717) is 17.4 Å². The molecule has 1 aromatic heterocycles. The first-order valence-electron chi connectivity index (χ1n) is 15.5. The first-order valence-corrected chi connectivity index (χ1v) is 15.5. The largest absolute Gasteiger partial charge is 0.480 e. The van der Waals surface area contributed by atoms with E-state index in [-0.39, 0.29) is 12.2 Å². The van der Waals surface area contributed by atoms with Crippen molar-refractivity contribution < 1.29 is 19.4 Å². The van der Waals surface area contributed by atoms with Gasteiger partial charge in [0.1, 0.15) is 19.2 Å². The smallest absolute Gasteiger partial charge is 0.331 e. The molecule has 1 aliphatic heterocycles. The molecule has 0 radical (unpaired) electrons. The third-order valence-electron chi connectivity index (χ3n) is 8.40. The Bertz CT molecular complexity index is 1670. The number of piperidine rings is 1. The summed E-state index contributed by atoms with van der Waals surface area (Å²) in [4.78, 5) is 53.6. The predicted molar refractivity (Wildman–Crippen MR) is 172 cm³/mol. The molecule has 1 saturated heterocycles. The average Bonchev–Trinajstić information content (AvgIpc) is 3.06. The van der Waals surface area contributed by atoms with Crippen LogP contribution >= 0.6 is 0 Å². The van der Waals surface area contributed by atoms with Crippen molar-refractivity contribution in [2.45, 2.75) is 51.0 Å². The molecule has 1 fully saturated rings. The van der Waals surface area contributed by atoms with Crippen LogP contribution in [0, 0.1) is 0 Å². The van der Waals surface area contributed by atoms with Gasteiger partial charge >= 0.3 is 11.7 Å². The quantitative estimate of drug-likeness (QED) is 0.229. The molecule has 236 valence electrons. The molecule has 0 saturated carbocycles. The number of carbonyl (C=O) groups excluding carboxylic acids is 1. The molecule has 4 aromatic rings. The van der Waals surface area contributed by atoms with Crippen LogP contribution in [0.25, 0.3) is 10.9 Å². The van der Waals surface area contributed by atoms with Gasteiger partial charge in [-0.2, -0.15) is 0 Å². The monoisotopic (exact) mass is 612 g/mol. The van der Waals surface area contributed by atoms with E-state index in [1.54, 1.807) is 28.8 Å². The van der Waals surface area contributed by atoms with Crippen LogP contribution in [0.15, 0.2) is 94.5 Å². The van der Waals surface area contributed by atoms with Gasteiger partial charge in [-0.15, -0.1) is 0 Å². The fraction of sp³-hybridized carbons (Fsp3) is 0.371. The maximum atomic E-state index is 13.4. The van der Waals surface area contributed by atoms with Crippen molar-refractivity contribution in [3.8, 4) is 0 Å². The lowest BCUT2D eigenvalue weighted by Gasteiger charge is -2.34. The number of para-hydroxylation sites is 1. The molecule has 10 heteroatoms. The summed E-state index contributed by atoms with van der Waals surface area (Å²) in [6.07, 6.45) is 3.52. The molecule has 0 unspecified atom stereocenters. The molecule has 3 aromatic carbocycles. The minimum Gasteiger partial charge on any atom is -0.480 e. The van der Waals surface area contributed by atoms with E-state index in [9.17, 15) is 19.2 Å². The number of hydrogen-bond donors (Lipinski definition) is 1. The lowest BCUT2D eigenvalue weighted by molar-refractivity contribution is -0.143. The van der Waals surface area contributed by atoms with Gasteiger partial charge in [0.25, 0.3) is 5.56 Å². The van der Waals surface area contributed by atoms with Crippen molar-refractivity contribution in [1.82, 2.24) is 18.9 Å². The zero-order valence-electron chi connectivity index (χ0n) is 25.6. The van der Waals surface area contributed by atoms with Crippen molar-refractivity contribution in [3.63, 3.8) is 0 Å². The number of nitrogens with zero attached hydrogens (tertiary/aromatic N) is 4. The molecule has 1 aliphatic rings. The number of unbranched alkanes of at least 4 members (excludes halogenated alkanes) is 1. The lowest BCUT2D eigenvalue weighted by Crippen LogP contribution is -2.45. The summed E-state index contributed by atoms with van der Waals surface area (Å²) in [6, 6.07) is 27.6. The summed E-state index contributed by atoms with van der Waals surface area (Å²) >= 11 is 0. The highest BCUT2D eigenvalue weighted by Crippen LogP contribution is 2.30. The van der Waals surface area contributed by atoms with Gasteiger partial charge in [0.05, 0.1) is 17.0 Å². The van der Waals surface area contributed by atoms with Crippen molar-refractivity contribution >= 4 is 22.8 Å². The minimum atomic E-state index is -1.17. The number of benzene rings is 3. The van der Waals surface area contributed by atoms with Crippen molar-refractivity contribution in [2.75, 3.05) is 33.2 Å². The van der Waals surface area contributed by atoms with Crippen LogP contribution < -0.4 is 11.2 Å². The second kappa shape index (κ2) is 15.0. The highest BCUT2D eigenvalue weighted by atomic mass is 16.5. The average molecular weight is 613 g/mol. The summed E-state index contributed by atoms with van der Waals surface area (Å²) in [7, 11) is 1.33. The maximum Gasteiger partial charge on any atom is 0.331 e. The van der Waals surface area contributed by atoms with Crippen LogP contribution in [0.2, 0.25) is 0 Å². The second-order valence-corrected chi connectivity index (χ2v) is 11.6. The molecule has 1 N–H and O–H groups in total. The van der Waals surface area contributed by atoms with Gasteiger partial charge in [0, 0.05) is 26.7 Å². The number of rotatable bonds is 13. The molecular weight excluding hydrogens is 572 g/mol. The third kappa shape index (κ3) is 7.95. The van der Waals surface area contributed by atoms with Crippen LogP contribution in [0.1, 0.15) is 42.9 Å². The number of likely N-dealkylation sites (tertiary alicyclic amines) is 1. The molecule has 0 aliphatic carbocycles. The zero-order chi connectivity index (χ0) is 31.8. The summed E-state index contributed by atoms with van der Waals surface area (Å²) in [6.45, 7) is 2.12. The van der Waals surface area contributed by atoms with Crippen molar-refractivity contribution in [3.05, 3.63) is 117 Å². The van der Waals surface area contributed by atoms with Crippen LogP contribution in [0.4, 0.5) is 0 Å². The Kier molecular flexibility index (Phi) is 10.6. The van der Waals surface area contributed by atoms with Crippen LogP contribution in [-0.4, -0.2) is 75.2 Å². The third-order valence-corrected chi connectivity index (χ3v) is 8.40. The van der Waals surface area contributed by atoms with Crippen LogP contribution in [0.5, 0.6) is 0 Å². The molecule has 0 atom stereocenters. The van der Waals surface area contributed by atoms with E-state index in [2.05, 4.69) is 29.2 Å². The number of aromatic nitrogens is 2. The minimum absolute atomic E-state index is 0.104. The van der Waals surface area contributed by atoms with Gasteiger partial charge in [-0.25, -0.2) is 4.79 Å². The van der Waals surface area contributed by atoms with E-state index < -0.39 is 36.2 Å². The number of fused-ring (bicyclic) bond motifs is 1. The molecule has 1 amide bonds. The van der Waals surface area contributed by atoms with Gasteiger partial charge < -0.3 is 19.6 Å². The van der Waals surface area contributed by atoms with E-state index in [1.165, 1.54) is 7.05 Å². The number of ether oxygens (including phenoxy) is 1. The number of likely N-dealkylation sites (N-methyl/N-ethyl adjacent to an activating group) is 1. The first-order chi connectivity index (χ1) is 21.8. The molecule has 45 heavy (non-hydrogen) atoms. The van der Waals surface area contributed by atoms with Crippen LogP contribution in [-0.2, 0) is 27.4 Å². The maximum absolute atomic E-state index is 13.4. The second-order valence-electron chi connectivity index (χ2n) is 11.6. The van der Waals surface area contributed by atoms with E-state index >= 15 is 0 Å². The number of carboxylic acid groups (broad SMARTS) is 1. The van der Waals surface area contributed by atoms with Gasteiger partial charge in [0.2, 0.25) is 5.91 Å². The van der Waals surface area contributed by atoms with Gasteiger partial charge in [-0.05, 0) is 55.5 Å². The Hall–Kier alpha value is -4.54. The first kappa shape index (κ1) is 31.9. The van der Waals surface area contributed by atoms with Gasteiger partial charge in [-0.1, -0.05) is 72.8 Å². The highest BCUT2D eigenvalue weighted by molar-refractivity contribution is 5.82. The fourth-order valence-electron chi connectivity index (χ4n) is 5.95. The van der Waals surface area contributed by atoms with Crippen molar-refractivity contribution in [1.29, 1.82) is 0 Å². The van der Waals surface area contributed by atoms with E-state index in [4.69, 9.17) is 9.84 Å². The SMILES string of the molecule is CN(CC(=O)O)C(=O)Cn1c(=O)c2ccccc2n(CCCCN2CCC(OC(c3ccccc3)c3ccccc3)CC2)c1=O. The Morgan fingerprint density at radius 3 is 2.04 bits per heavy atom. The molecule has 5 rings (SSSR count). The number of carbonyl (C=O) groups is 2. The summed E-state index contributed by atoms with van der Waals surface area (Å²) < 4.78 is 9.14. The lowest BCUT2D eigenvalue weighted by atomic mass is 10.00.